The van der Waals surface area contributed by atoms with Gasteiger partial charge in [-0.3, -0.25) is 4.31 Å². The van der Waals surface area contributed by atoms with Crippen molar-refractivity contribution in [3.63, 3.8) is 0 Å². The molecule has 1 aliphatic heterocycles. The molecular weight excluding hydrogens is 426 g/mol. The van der Waals surface area contributed by atoms with E-state index in [4.69, 9.17) is 0 Å². The van der Waals surface area contributed by atoms with Gasteiger partial charge in [-0.1, -0.05) is 12.8 Å². The second kappa shape index (κ2) is 8.09. The summed E-state index contributed by atoms with van der Waals surface area (Å²) in [6.45, 7) is 2.64. The van der Waals surface area contributed by atoms with Gasteiger partial charge in [-0.2, -0.15) is 0 Å². The van der Waals surface area contributed by atoms with Crippen LogP contribution in [0.4, 0.5) is 4.79 Å². The zero-order valence-electron chi connectivity index (χ0n) is 16.7. The number of amidine groups is 1. The van der Waals surface area contributed by atoms with E-state index in [0.29, 0.717) is 12.8 Å². The van der Waals surface area contributed by atoms with Gasteiger partial charge in [0.15, 0.2) is 0 Å². The SMILES string of the molecule is COC(=O)N[C@@](C)(CCCCN1C(C)=NS(=O)(=O)C2(CCCC2)S1(=O)=O)C(=O)O. The number of ether oxygens (including phenoxy) is 1. The summed E-state index contributed by atoms with van der Waals surface area (Å²) < 4.78 is 58.6. The average Bonchev–Trinajstić information content (AvgIpc) is 3.11. The van der Waals surface area contributed by atoms with E-state index >= 15 is 0 Å². The third kappa shape index (κ3) is 4.06. The van der Waals surface area contributed by atoms with Gasteiger partial charge in [0, 0.05) is 6.54 Å². The molecule has 1 fully saturated rings. The van der Waals surface area contributed by atoms with Crippen LogP contribution in [0.1, 0.15) is 58.8 Å². The van der Waals surface area contributed by atoms with Crippen LogP contribution in [-0.2, 0) is 29.6 Å². The Kier molecular flexibility index (Phi) is 6.52. The van der Waals surface area contributed by atoms with Crippen molar-refractivity contribution in [3.8, 4) is 0 Å². The van der Waals surface area contributed by atoms with Gasteiger partial charge < -0.3 is 15.2 Å². The van der Waals surface area contributed by atoms with Crippen LogP contribution >= 0.6 is 0 Å². The van der Waals surface area contributed by atoms with Crippen molar-refractivity contribution in [3.05, 3.63) is 0 Å². The summed E-state index contributed by atoms with van der Waals surface area (Å²) in [7, 11) is -7.22. The monoisotopic (exact) mass is 453 g/mol. The number of carboxylic acids is 1. The van der Waals surface area contributed by atoms with Crippen LogP contribution in [0, 0.1) is 0 Å². The van der Waals surface area contributed by atoms with E-state index in [1.165, 1.54) is 13.8 Å². The highest BCUT2D eigenvalue weighted by Crippen LogP contribution is 2.46. The molecule has 0 aromatic heterocycles. The lowest BCUT2D eigenvalue weighted by molar-refractivity contribution is -0.144. The van der Waals surface area contributed by atoms with E-state index in [1.54, 1.807) is 0 Å². The molecule has 1 spiro atoms. The molecule has 1 saturated carbocycles. The molecule has 0 bridgehead atoms. The number of alkyl carbamates (subject to hydrolysis) is 1. The van der Waals surface area contributed by atoms with Gasteiger partial charge in [-0.05, 0) is 46.0 Å². The zero-order chi connectivity index (χ0) is 22.1. The highest BCUT2D eigenvalue weighted by Gasteiger charge is 2.61. The highest BCUT2D eigenvalue weighted by molar-refractivity contribution is 8.09. The topological polar surface area (TPSA) is 160 Å². The molecule has 11 nitrogen and oxygen atoms in total. The van der Waals surface area contributed by atoms with Gasteiger partial charge in [0.25, 0.3) is 20.0 Å². The van der Waals surface area contributed by atoms with Crippen LogP contribution < -0.4 is 5.32 Å². The number of hydrogen-bond acceptors (Lipinski definition) is 7. The molecule has 0 radical (unpaired) electrons. The molecule has 1 aliphatic carbocycles. The van der Waals surface area contributed by atoms with E-state index in [2.05, 4.69) is 14.5 Å². The summed E-state index contributed by atoms with van der Waals surface area (Å²) in [5.41, 5.74) is -1.58. The lowest BCUT2D eigenvalue weighted by Crippen LogP contribution is -2.56. The van der Waals surface area contributed by atoms with Crippen LogP contribution in [0.2, 0.25) is 0 Å². The third-order valence-electron chi connectivity index (χ3n) is 5.53. The number of nitrogens with one attached hydrogen (secondary N) is 1. The molecule has 13 heteroatoms. The molecule has 1 heterocycles. The fourth-order valence-electron chi connectivity index (χ4n) is 3.76. The number of carbonyl (C=O) groups is 2. The molecular formula is C16H27N3O8S2. The minimum atomic E-state index is -4.17. The van der Waals surface area contributed by atoms with Crippen molar-refractivity contribution in [2.45, 2.75) is 68.4 Å². The Hall–Kier alpha value is -1.89. The molecule has 2 aliphatic rings. The van der Waals surface area contributed by atoms with E-state index in [1.807, 2.05) is 0 Å². The predicted molar refractivity (Wildman–Crippen MR) is 104 cm³/mol. The molecule has 2 rings (SSSR count). The molecule has 166 valence electrons. The van der Waals surface area contributed by atoms with Crippen LogP contribution in [0.15, 0.2) is 4.40 Å². The highest BCUT2D eigenvalue weighted by atomic mass is 32.3. The number of nitrogens with zero attached hydrogens (tertiary/aromatic N) is 2. The Morgan fingerprint density at radius 1 is 1.24 bits per heavy atom. The molecule has 0 aromatic carbocycles. The van der Waals surface area contributed by atoms with Gasteiger partial charge >= 0.3 is 12.1 Å². The summed E-state index contributed by atoms with van der Waals surface area (Å²) >= 11 is 0. The fourth-order valence-corrected chi connectivity index (χ4v) is 8.63. The maximum atomic E-state index is 13.1. The Labute approximate surface area is 170 Å². The zero-order valence-corrected chi connectivity index (χ0v) is 18.3. The number of aliphatic carboxylic acids is 1. The first-order valence-corrected chi connectivity index (χ1v) is 12.1. The number of unbranched alkanes of at least 4 members (excludes halogenated alkanes) is 1. The van der Waals surface area contributed by atoms with Crippen LogP contribution in [-0.4, -0.2) is 67.4 Å². The predicted octanol–water partition coefficient (Wildman–Crippen LogP) is 1.02. The molecule has 1 amide bonds. The van der Waals surface area contributed by atoms with Gasteiger partial charge in [0.05, 0.1) is 7.11 Å². The normalized spacial score (nSPS) is 23.8. The van der Waals surface area contributed by atoms with Crippen molar-refractivity contribution in [2.24, 2.45) is 4.40 Å². The number of sulfonamides is 2. The number of amides is 1. The van der Waals surface area contributed by atoms with E-state index in [9.17, 15) is 31.5 Å². The number of carbonyl (C=O) groups excluding carboxylic acids is 1. The summed E-state index contributed by atoms with van der Waals surface area (Å²) in [5.74, 6) is -1.36. The number of hydrogen-bond donors (Lipinski definition) is 2. The largest absolute Gasteiger partial charge is 0.480 e. The first-order valence-electron chi connectivity index (χ1n) is 9.26. The maximum absolute atomic E-state index is 13.1. The molecule has 0 unspecified atom stereocenters. The molecule has 1 atom stereocenters. The molecule has 2 N–H and O–H groups in total. The second-order valence-corrected chi connectivity index (χ2v) is 11.9. The average molecular weight is 454 g/mol. The Morgan fingerprint density at radius 3 is 2.34 bits per heavy atom. The quantitative estimate of drug-likeness (QED) is 0.540. The Bertz CT molecular complexity index is 906. The first-order chi connectivity index (χ1) is 13.3. The van der Waals surface area contributed by atoms with Gasteiger partial charge in [0.2, 0.25) is 4.08 Å². The van der Waals surface area contributed by atoms with Crippen molar-refractivity contribution in [1.29, 1.82) is 0 Å². The summed E-state index contributed by atoms with van der Waals surface area (Å²) in [6.07, 6.45) is 0.708. The summed E-state index contributed by atoms with van der Waals surface area (Å²) in [5, 5.41) is 11.6. The first kappa shape index (κ1) is 23.4. The minimum absolute atomic E-state index is 0.0189. The van der Waals surface area contributed by atoms with E-state index in [-0.39, 0.29) is 44.5 Å². The standard InChI is InChI=1S/C16H27N3O8S2/c1-12-18-28(23,24)16(9-4-5-10-16)29(25,26)19(12)11-7-6-8-15(2,13(20)21)17-14(22)27-3/h4-11H2,1-3H3,(H,17,22)(H,20,21)/t15-/m0/s1. The second-order valence-electron chi connectivity index (χ2n) is 7.52. The van der Waals surface area contributed by atoms with Crippen molar-refractivity contribution in [2.75, 3.05) is 13.7 Å². The molecule has 0 saturated heterocycles. The van der Waals surface area contributed by atoms with Crippen molar-refractivity contribution < 1.29 is 36.3 Å². The van der Waals surface area contributed by atoms with Crippen LogP contribution in [0.3, 0.4) is 0 Å². The van der Waals surface area contributed by atoms with Crippen LogP contribution in [0.25, 0.3) is 0 Å². The fraction of sp³-hybridized carbons (Fsp3) is 0.812. The minimum Gasteiger partial charge on any atom is -0.480 e. The third-order valence-corrected chi connectivity index (χ3v) is 11.0. The summed E-state index contributed by atoms with van der Waals surface area (Å²) in [6, 6.07) is 0. The lowest BCUT2D eigenvalue weighted by atomic mass is 9.95. The van der Waals surface area contributed by atoms with Crippen molar-refractivity contribution in [1.82, 2.24) is 9.62 Å². The lowest BCUT2D eigenvalue weighted by Gasteiger charge is -2.37. The smallest absolute Gasteiger partial charge is 0.407 e. The number of methoxy groups -OCH3 is 1. The Morgan fingerprint density at radius 2 is 1.83 bits per heavy atom. The van der Waals surface area contributed by atoms with Gasteiger partial charge in [0.1, 0.15) is 11.4 Å². The van der Waals surface area contributed by atoms with Crippen LogP contribution in [0.5, 0.6) is 0 Å². The maximum Gasteiger partial charge on any atom is 0.407 e. The molecule has 29 heavy (non-hydrogen) atoms. The Balaban J connectivity index is 2.12. The molecule has 0 aromatic rings. The number of rotatable bonds is 7. The summed E-state index contributed by atoms with van der Waals surface area (Å²) in [4.78, 5) is 22.9. The van der Waals surface area contributed by atoms with Crippen molar-refractivity contribution >= 4 is 37.9 Å². The van der Waals surface area contributed by atoms with Gasteiger partial charge in [-0.15, -0.1) is 4.40 Å². The number of carboxylic acid groups (broad SMARTS) is 1. The van der Waals surface area contributed by atoms with E-state index in [0.717, 1.165) is 11.4 Å². The van der Waals surface area contributed by atoms with Gasteiger partial charge in [-0.25, -0.2) is 26.4 Å². The van der Waals surface area contributed by atoms with E-state index < -0.39 is 41.7 Å².